The number of rotatable bonds is 3. The number of halogens is 1. The summed E-state index contributed by atoms with van der Waals surface area (Å²) in [4.78, 5) is 23.3. The van der Waals surface area contributed by atoms with E-state index in [1.165, 1.54) is 0 Å². The molecule has 2 rings (SSSR count). The van der Waals surface area contributed by atoms with Crippen LogP contribution in [0.5, 0.6) is 0 Å². The van der Waals surface area contributed by atoms with Crippen LogP contribution < -0.4 is 10.6 Å². The molecule has 2 amide bonds. The van der Waals surface area contributed by atoms with Gasteiger partial charge in [0.1, 0.15) is 0 Å². The van der Waals surface area contributed by atoms with Crippen LogP contribution in [0.25, 0.3) is 0 Å². The molecule has 3 atom stereocenters. The van der Waals surface area contributed by atoms with Crippen molar-refractivity contribution in [1.29, 1.82) is 0 Å². The second-order valence-electron chi connectivity index (χ2n) is 5.61. The Morgan fingerprint density at radius 2 is 2.00 bits per heavy atom. The van der Waals surface area contributed by atoms with E-state index in [9.17, 15) is 14.7 Å². The van der Waals surface area contributed by atoms with Gasteiger partial charge in [-0.25, -0.2) is 9.59 Å². The molecule has 1 saturated carbocycles. The Kier molecular flexibility index (Phi) is 5.08. The molecule has 5 nitrogen and oxygen atoms in total. The molecule has 1 aliphatic rings. The molecule has 0 spiro atoms. The molecule has 3 N–H and O–H groups in total. The second-order valence-corrected chi connectivity index (χ2v) is 6.86. The van der Waals surface area contributed by atoms with Gasteiger partial charge in [-0.3, -0.25) is 0 Å². The van der Waals surface area contributed by atoms with Gasteiger partial charge in [0.15, 0.2) is 0 Å². The third-order valence-electron chi connectivity index (χ3n) is 4.24. The molecule has 1 fully saturated rings. The molecule has 0 saturated heterocycles. The number of urea groups is 1. The molecule has 1 aromatic carbocycles. The predicted molar refractivity (Wildman–Crippen MR) is 89.6 cm³/mol. The van der Waals surface area contributed by atoms with E-state index in [1.54, 1.807) is 18.2 Å². The maximum Gasteiger partial charge on any atom is 0.337 e. The maximum atomic E-state index is 12.1. The molecule has 6 heteroatoms. The molecule has 114 valence electrons. The van der Waals surface area contributed by atoms with Gasteiger partial charge in [-0.05, 0) is 65.5 Å². The lowest BCUT2D eigenvalue weighted by atomic mass is 9.98. The largest absolute Gasteiger partial charge is 0.478 e. The van der Waals surface area contributed by atoms with E-state index in [0.29, 0.717) is 17.5 Å². The minimum Gasteiger partial charge on any atom is -0.478 e. The SMILES string of the molecule is CC1CCC(NC(=O)Nc2ccc(I)cc2C(=O)O)C1C. The number of carboxylic acids is 1. The third kappa shape index (κ3) is 3.87. The number of anilines is 1. The summed E-state index contributed by atoms with van der Waals surface area (Å²) < 4.78 is 0.814. The summed E-state index contributed by atoms with van der Waals surface area (Å²) in [5.41, 5.74) is 0.420. The lowest BCUT2D eigenvalue weighted by Gasteiger charge is -2.20. The fraction of sp³-hybridized carbons (Fsp3) is 0.467. The highest BCUT2D eigenvalue weighted by molar-refractivity contribution is 14.1. The highest BCUT2D eigenvalue weighted by Gasteiger charge is 2.30. The Balaban J connectivity index is 2.05. The molecule has 0 aliphatic heterocycles. The average molecular weight is 402 g/mol. The number of carbonyl (C=O) groups excluding carboxylic acids is 1. The molecular weight excluding hydrogens is 383 g/mol. The van der Waals surface area contributed by atoms with Crippen molar-refractivity contribution in [1.82, 2.24) is 5.32 Å². The monoisotopic (exact) mass is 402 g/mol. The summed E-state index contributed by atoms with van der Waals surface area (Å²) in [5.74, 6) is -0.0127. The van der Waals surface area contributed by atoms with Crippen LogP contribution in [0.1, 0.15) is 37.0 Å². The van der Waals surface area contributed by atoms with Gasteiger partial charge >= 0.3 is 12.0 Å². The average Bonchev–Trinajstić information content (AvgIpc) is 2.72. The number of carboxylic acid groups (broad SMARTS) is 1. The molecule has 0 aromatic heterocycles. The summed E-state index contributed by atoms with van der Waals surface area (Å²) in [6.45, 7) is 4.32. The van der Waals surface area contributed by atoms with Crippen molar-refractivity contribution in [2.75, 3.05) is 5.32 Å². The van der Waals surface area contributed by atoms with E-state index >= 15 is 0 Å². The Morgan fingerprint density at radius 3 is 2.57 bits per heavy atom. The zero-order valence-electron chi connectivity index (χ0n) is 12.0. The van der Waals surface area contributed by atoms with Gasteiger partial charge in [-0.2, -0.15) is 0 Å². The Labute approximate surface area is 137 Å². The van der Waals surface area contributed by atoms with Crippen LogP contribution in [0.2, 0.25) is 0 Å². The Bertz CT molecular complexity index is 562. The normalized spacial score (nSPS) is 24.6. The van der Waals surface area contributed by atoms with Crippen molar-refractivity contribution in [3.05, 3.63) is 27.3 Å². The maximum absolute atomic E-state index is 12.1. The van der Waals surface area contributed by atoms with Gasteiger partial charge in [-0.1, -0.05) is 13.8 Å². The van der Waals surface area contributed by atoms with Crippen molar-refractivity contribution in [3.63, 3.8) is 0 Å². The van der Waals surface area contributed by atoms with Gasteiger partial charge in [0.25, 0.3) is 0 Å². The first-order chi connectivity index (χ1) is 9.88. The number of hydrogen-bond acceptors (Lipinski definition) is 2. The second kappa shape index (κ2) is 6.64. The summed E-state index contributed by atoms with van der Waals surface area (Å²) in [6.07, 6.45) is 2.07. The van der Waals surface area contributed by atoms with Gasteiger partial charge < -0.3 is 15.7 Å². The fourth-order valence-corrected chi connectivity index (χ4v) is 3.19. The van der Waals surface area contributed by atoms with Crippen molar-refractivity contribution >= 4 is 40.3 Å². The van der Waals surface area contributed by atoms with Crippen molar-refractivity contribution in [2.45, 2.75) is 32.7 Å². The number of aromatic carboxylic acids is 1. The number of hydrogen-bond donors (Lipinski definition) is 3. The first-order valence-corrected chi connectivity index (χ1v) is 8.06. The number of amides is 2. The Morgan fingerprint density at radius 1 is 1.29 bits per heavy atom. The molecule has 21 heavy (non-hydrogen) atoms. The van der Waals surface area contributed by atoms with Crippen LogP contribution >= 0.6 is 22.6 Å². The summed E-state index contributed by atoms with van der Waals surface area (Å²) in [7, 11) is 0. The van der Waals surface area contributed by atoms with Crippen LogP contribution in [0, 0.1) is 15.4 Å². The van der Waals surface area contributed by atoms with Crippen molar-refractivity contribution in [2.24, 2.45) is 11.8 Å². The summed E-state index contributed by atoms with van der Waals surface area (Å²) >= 11 is 2.04. The number of carbonyl (C=O) groups is 2. The van der Waals surface area contributed by atoms with Gasteiger partial charge in [0.05, 0.1) is 11.3 Å². The fourth-order valence-electron chi connectivity index (χ4n) is 2.70. The lowest BCUT2D eigenvalue weighted by Crippen LogP contribution is -2.40. The first kappa shape index (κ1) is 16.1. The van der Waals surface area contributed by atoms with E-state index in [1.807, 2.05) is 22.6 Å². The van der Waals surface area contributed by atoms with Crippen molar-refractivity contribution < 1.29 is 14.7 Å². The highest BCUT2D eigenvalue weighted by Crippen LogP contribution is 2.31. The number of nitrogens with one attached hydrogen (secondary N) is 2. The Hall–Kier alpha value is -1.31. The zero-order chi connectivity index (χ0) is 15.6. The molecule has 0 bridgehead atoms. The molecule has 0 heterocycles. The van der Waals surface area contributed by atoms with Crippen LogP contribution in [0.4, 0.5) is 10.5 Å². The molecule has 1 aromatic rings. The van der Waals surface area contributed by atoms with Gasteiger partial charge in [0, 0.05) is 9.61 Å². The third-order valence-corrected chi connectivity index (χ3v) is 4.91. The molecular formula is C15H19IN2O3. The first-order valence-electron chi connectivity index (χ1n) is 6.99. The van der Waals surface area contributed by atoms with Crippen LogP contribution in [0.15, 0.2) is 18.2 Å². The minimum absolute atomic E-state index is 0.102. The predicted octanol–water partition coefficient (Wildman–Crippen LogP) is 3.55. The van der Waals surface area contributed by atoms with E-state index in [4.69, 9.17) is 0 Å². The van der Waals surface area contributed by atoms with E-state index in [0.717, 1.165) is 16.4 Å². The minimum atomic E-state index is -1.05. The molecule has 0 radical (unpaired) electrons. The standard InChI is InChI=1S/C15H19IN2O3/c1-8-3-5-12(9(8)2)17-15(21)18-13-6-4-10(16)7-11(13)14(19)20/h4,6-9,12H,3,5H2,1-2H3,(H,19,20)(H2,17,18,21). The van der Waals surface area contributed by atoms with E-state index < -0.39 is 5.97 Å². The van der Waals surface area contributed by atoms with Crippen LogP contribution in [-0.4, -0.2) is 23.1 Å². The smallest absolute Gasteiger partial charge is 0.337 e. The zero-order valence-corrected chi connectivity index (χ0v) is 14.2. The number of benzene rings is 1. The van der Waals surface area contributed by atoms with E-state index in [2.05, 4.69) is 24.5 Å². The molecule has 1 aliphatic carbocycles. The highest BCUT2D eigenvalue weighted by atomic mass is 127. The topological polar surface area (TPSA) is 78.4 Å². The van der Waals surface area contributed by atoms with Gasteiger partial charge in [0.2, 0.25) is 0 Å². The van der Waals surface area contributed by atoms with E-state index in [-0.39, 0.29) is 17.6 Å². The lowest BCUT2D eigenvalue weighted by molar-refractivity contribution is 0.0698. The van der Waals surface area contributed by atoms with Gasteiger partial charge in [-0.15, -0.1) is 0 Å². The summed E-state index contributed by atoms with van der Waals surface area (Å²) in [6, 6.07) is 4.73. The van der Waals surface area contributed by atoms with Crippen LogP contribution in [-0.2, 0) is 0 Å². The molecule has 3 unspecified atom stereocenters. The van der Waals surface area contributed by atoms with Crippen molar-refractivity contribution in [3.8, 4) is 0 Å². The quantitative estimate of drug-likeness (QED) is 0.677. The van der Waals surface area contributed by atoms with Crippen LogP contribution in [0.3, 0.4) is 0 Å². The summed E-state index contributed by atoms with van der Waals surface area (Å²) in [5, 5.41) is 14.8.